The first kappa shape index (κ1) is 11.2. The van der Waals surface area contributed by atoms with Crippen LogP contribution < -0.4 is 0 Å². The van der Waals surface area contributed by atoms with E-state index in [0.717, 1.165) is 5.17 Å². The third kappa shape index (κ3) is 2.13. The largest absolute Gasteiger partial charge is 0.394 e. The van der Waals surface area contributed by atoms with Crippen molar-refractivity contribution >= 4 is 16.9 Å². The zero-order chi connectivity index (χ0) is 11.0. The van der Waals surface area contributed by atoms with Gasteiger partial charge in [-0.2, -0.15) is 0 Å². The Hall–Kier alpha value is -0.300. The summed E-state index contributed by atoms with van der Waals surface area (Å²) < 4.78 is 5.57. The maximum absolute atomic E-state index is 9.66. The average Bonchev–Trinajstić information content (AvgIpc) is 2.59. The van der Waals surface area contributed by atoms with Gasteiger partial charge in [0.05, 0.1) is 18.8 Å². The number of thioether (sulfide) groups is 1. The first-order valence-electron chi connectivity index (χ1n) is 4.98. The monoisotopic (exact) mass is 232 g/mol. The summed E-state index contributed by atoms with van der Waals surface area (Å²) in [6, 6.07) is 0.0187. The van der Waals surface area contributed by atoms with Crippen molar-refractivity contribution in [2.45, 2.75) is 30.1 Å². The van der Waals surface area contributed by atoms with Crippen LogP contribution in [0, 0.1) is 0 Å². The molecule has 2 heterocycles. The van der Waals surface area contributed by atoms with Gasteiger partial charge in [0.1, 0.15) is 11.5 Å². The van der Waals surface area contributed by atoms with E-state index in [4.69, 9.17) is 9.84 Å². The molecule has 2 aliphatic rings. The average molecular weight is 232 g/mol. The minimum atomic E-state index is -0.609. The summed E-state index contributed by atoms with van der Waals surface area (Å²) in [7, 11) is 3.87. The number of rotatable bonds is 1. The molecular weight excluding hydrogens is 216 g/mol. The molecule has 0 bridgehead atoms. The molecule has 0 radical (unpaired) electrons. The molecule has 0 aromatic rings. The second-order valence-electron chi connectivity index (χ2n) is 4.02. The lowest BCUT2D eigenvalue weighted by atomic mass is 10.0. The lowest BCUT2D eigenvalue weighted by Gasteiger charge is -2.33. The predicted molar refractivity (Wildman–Crippen MR) is 58.9 cm³/mol. The molecule has 1 fully saturated rings. The van der Waals surface area contributed by atoms with E-state index in [0.29, 0.717) is 6.42 Å². The number of hydrogen-bond acceptors (Lipinski definition) is 6. The first-order chi connectivity index (χ1) is 7.11. The van der Waals surface area contributed by atoms with Crippen molar-refractivity contribution in [3.05, 3.63) is 0 Å². The second kappa shape index (κ2) is 4.29. The van der Waals surface area contributed by atoms with E-state index in [9.17, 15) is 5.11 Å². The molecule has 0 spiro atoms. The molecule has 15 heavy (non-hydrogen) atoms. The van der Waals surface area contributed by atoms with Crippen molar-refractivity contribution in [1.29, 1.82) is 0 Å². The van der Waals surface area contributed by atoms with E-state index >= 15 is 0 Å². The summed E-state index contributed by atoms with van der Waals surface area (Å²) in [4.78, 5) is 6.40. The fraction of sp³-hybridized carbons (Fsp3) is 0.889. The Morgan fingerprint density at radius 1 is 1.60 bits per heavy atom. The van der Waals surface area contributed by atoms with Crippen LogP contribution in [0.4, 0.5) is 0 Å². The molecule has 0 amide bonds. The van der Waals surface area contributed by atoms with Gasteiger partial charge >= 0.3 is 0 Å². The number of fused-ring (bicyclic) bond motifs is 1. The van der Waals surface area contributed by atoms with E-state index in [1.807, 2.05) is 19.0 Å². The van der Waals surface area contributed by atoms with Gasteiger partial charge in [0.2, 0.25) is 0 Å². The Bertz CT molecular complexity index is 272. The number of hydrogen-bond donors (Lipinski definition) is 2. The van der Waals surface area contributed by atoms with Crippen LogP contribution in [0.1, 0.15) is 6.42 Å². The maximum Gasteiger partial charge on any atom is 0.161 e. The molecule has 0 aromatic carbocycles. The molecule has 86 valence electrons. The summed E-state index contributed by atoms with van der Waals surface area (Å²) in [6.45, 7) is -0.137. The van der Waals surface area contributed by atoms with Crippen LogP contribution in [0.3, 0.4) is 0 Å². The highest BCUT2D eigenvalue weighted by atomic mass is 32.2. The van der Waals surface area contributed by atoms with Gasteiger partial charge in [-0.25, -0.2) is 0 Å². The molecule has 4 atom stereocenters. The number of amidine groups is 1. The van der Waals surface area contributed by atoms with Crippen molar-refractivity contribution in [3.8, 4) is 0 Å². The lowest BCUT2D eigenvalue weighted by molar-refractivity contribution is -0.111. The Labute approximate surface area is 93.1 Å². The molecule has 6 heteroatoms. The van der Waals surface area contributed by atoms with Crippen molar-refractivity contribution in [2.24, 2.45) is 4.99 Å². The minimum absolute atomic E-state index is 0.0187. The van der Waals surface area contributed by atoms with Gasteiger partial charge in [-0.15, -0.1) is 0 Å². The van der Waals surface area contributed by atoms with E-state index in [-0.39, 0.29) is 18.1 Å². The molecule has 0 unspecified atom stereocenters. The number of aliphatic hydroxyl groups excluding tert-OH is 2. The van der Waals surface area contributed by atoms with Crippen LogP contribution in [0.15, 0.2) is 4.99 Å². The van der Waals surface area contributed by atoms with Gasteiger partial charge in [-0.3, -0.25) is 4.99 Å². The third-order valence-electron chi connectivity index (χ3n) is 2.60. The van der Waals surface area contributed by atoms with Crippen LogP contribution in [0.2, 0.25) is 0 Å². The van der Waals surface area contributed by atoms with Gasteiger partial charge in [-0.1, -0.05) is 11.8 Å². The smallest absolute Gasteiger partial charge is 0.161 e. The fourth-order valence-electron chi connectivity index (χ4n) is 1.75. The topological polar surface area (TPSA) is 65.3 Å². The highest BCUT2D eigenvalue weighted by molar-refractivity contribution is 8.14. The molecule has 2 rings (SSSR count). The van der Waals surface area contributed by atoms with Gasteiger partial charge in [-0.05, 0) is 0 Å². The Kier molecular flexibility index (Phi) is 3.20. The van der Waals surface area contributed by atoms with Crippen LogP contribution in [-0.2, 0) is 4.74 Å². The van der Waals surface area contributed by atoms with Crippen LogP contribution >= 0.6 is 11.8 Å². The maximum atomic E-state index is 9.66. The standard InChI is InChI=1S/C9H16N2O3S/c1-11(2)9-10-5-3-6(13)7(4-12)14-8(5)15-9/h5-8,12-13H,3-4H2,1-2H3/t5-,6-,7-,8-/m1/s1. The Balaban J connectivity index is 2.04. The summed E-state index contributed by atoms with van der Waals surface area (Å²) >= 11 is 1.56. The number of aliphatic hydroxyl groups is 2. The van der Waals surface area contributed by atoms with E-state index in [1.54, 1.807) is 11.8 Å². The van der Waals surface area contributed by atoms with Crippen LogP contribution in [0.5, 0.6) is 0 Å². The zero-order valence-electron chi connectivity index (χ0n) is 8.83. The van der Waals surface area contributed by atoms with Gasteiger partial charge in [0.15, 0.2) is 5.17 Å². The van der Waals surface area contributed by atoms with E-state index in [2.05, 4.69) is 4.99 Å². The molecule has 0 aliphatic carbocycles. The summed E-state index contributed by atoms with van der Waals surface area (Å²) in [5.74, 6) is 0. The lowest BCUT2D eigenvalue weighted by Crippen LogP contribution is -2.45. The summed E-state index contributed by atoms with van der Waals surface area (Å²) in [5.41, 5.74) is -0.0528. The van der Waals surface area contributed by atoms with Crippen LogP contribution in [-0.4, -0.2) is 64.7 Å². The van der Waals surface area contributed by atoms with Gasteiger partial charge in [0.25, 0.3) is 0 Å². The van der Waals surface area contributed by atoms with E-state index in [1.165, 1.54) is 0 Å². The quantitative estimate of drug-likeness (QED) is 0.637. The van der Waals surface area contributed by atoms with Crippen molar-refractivity contribution < 1.29 is 14.9 Å². The molecular formula is C9H16N2O3S. The number of ether oxygens (including phenoxy) is 1. The van der Waals surface area contributed by atoms with Crippen LogP contribution in [0.25, 0.3) is 0 Å². The minimum Gasteiger partial charge on any atom is -0.394 e. The molecule has 0 saturated carbocycles. The molecule has 0 aromatic heterocycles. The SMILES string of the molecule is CN(C)C1=N[C@@H]2C[C@@H](O)[C@@H](CO)O[C@@H]2S1. The van der Waals surface area contributed by atoms with Gasteiger partial charge < -0.3 is 19.8 Å². The van der Waals surface area contributed by atoms with Crippen molar-refractivity contribution in [1.82, 2.24) is 4.90 Å². The molecule has 1 saturated heterocycles. The number of aliphatic imine (C=N–C) groups is 1. The predicted octanol–water partition coefficient (Wildman–Crippen LogP) is -0.512. The summed E-state index contributed by atoms with van der Waals surface area (Å²) in [6.07, 6.45) is -0.502. The normalized spacial score (nSPS) is 39.9. The van der Waals surface area contributed by atoms with Crippen molar-refractivity contribution in [3.63, 3.8) is 0 Å². The van der Waals surface area contributed by atoms with Crippen molar-refractivity contribution in [2.75, 3.05) is 20.7 Å². The second-order valence-corrected chi connectivity index (χ2v) is 5.09. The Morgan fingerprint density at radius 2 is 2.33 bits per heavy atom. The number of nitrogens with zero attached hydrogens (tertiary/aromatic N) is 2. The third-order valence-corrected chi connectivity index (χ3v) is 3.93. The molecule has 5 nitrogen and oxygen atoms in total. The van der Waals surface area contributed by atoms with E-state index < -0.39 is 12.2 Å². The highest BCUT2D eigenvalue weighted by Crippen LogP contribution is 2.36. The first-order valence-corrected chi connectivity index (χ1v) is 5.86. The highest BCUT2D eigenvalue weighted by Gasteiger charge is 2.41. The molecule has 2 aliphatic heterocycles. The fourth-order valence-corrected chi connectivity index (χ4v) is 2.89. The molecule has 2 N–H and O–H groups in total. The Morgan fingerprint density at radius 3 is 2.93 bits per heavy atom. The van der Waals surface area contributed by atoms with Gasteiger partial charge in [0, 0.05) is 20.5 Å². The summed E-state index contributed by atoms with van der Waals surface area (Å²) in [5, 5.41) is 19.6. The zero-order valence-corrected chi connectivity index (χ0v) is 9.65.